The van der Waals surface area contributed by atoms with Crippen LogP contribution in [0.3, 0.4) is 0 Å². The Hall–Kier alpha value is -1.07. The van der Waals surface area contributed by atoms with Gasteiger partial charge in [-0.25, -0.2) is 0 Å². The van der Waals surface area contributed by atoms with Gasteiger partial charge in [-0.05, 0) is 0 Å². The molecular weight excluding hydrogens is 177 g/mol. The monoisotopic (exact) mass is 182 g/mol. The summed E-state index contributed by atoms with van der Waals surface area (Å²) in [6, 6.07) is 0. The van der Waals surface area contributed by atoms with Gasteiger partial charge in [-0.15, -0.1) is 0 Å². The van der Waals surface area contributed by atoms with E-state index < -0.39 is 36.9 Å². The van der Waals surface area contributed by atoms with Gasteiger partial charge in [-0.1, -0.05) is 0 Å². The van der Waals surface area contributed by atoms with Crippen LogP contribution in [0.2, 0.25) is 0 Å². The maximum Gasteiger partial charge on any atom is 0.392 e. The molecule has 0 atom stereocenters. The van der Waals surface area contributed by atoms with Crippen molar-refractivity contribution in [3.05, 3.63) is 0 Å². The minimum absolute atomic E-state index is 0.755. The Bertz CT molecular complexity index is 205. The van der Waals surface area contributed by atoms with E-state index in [9.17, 15) is 22.8 Å². The largest absolute Gasteiger partial charge is 0.393 e. The fourth-order valence-electron chi connectivity index (χ4n) is 0.916. The van der Waals surface area contributed by atoms with E-state index in [2.05, 4.69) is 4.74 Å². The number of hydrogen-bond donors (Lipinski definition) is 0. The second-order valence-electron chi connectivity index (χ2n) is 2.49. The van der Waals surface area contributed by atoms with Crippen molar-refractivity contribution in [1.29, 1.82) is 0 Å². The van der Waals surface area contributed by atoms with Crippen LogP contribution in [0.15, 0.2) is 0 Å². The molecule has 0 saturated carbocycles. The second kappa shape index (κ2) is 2.76. The summed E-state index contributed by atoms with van der Waals surface area (Å²) in [6.45, 7) is 0. The Labute approximate surface area is 65.5 Å². The molecule has 6 heteroatoms. The van der Waals surface area contributed by atoms with E-state index in [0.717, 1.165) is 0 Å². The average Bonchev–Trinajstić information content (AvgIpc) is 1.82. The van der Waals surface area contributed by atoms with Crippen LogP contribution in [0.4, 0.5) is 13.2 Å². The zero-order valence-electron chi connectivity index (χ0n) is 5.85. The Kier molecular flexibility index (Phi) is 2.08. The Morgan fingerprint density at radius 1 is 1.17 bits per heavy atom. The first-order chi connectivity index (χ1) is 5.39. The lowest BCUT2D eigenvalue weighted by molar-refractivity contribution is -0.201. The molecule has 0 unspecified atom stereocenters. The standard InChI is InChI=1S/C6H5F3O3/c7-6(8,9)3-1-4(10)12-5(11)2-3/h3H,1-2H2. The molecule has 0 spiro atoms. The first-order valence-corrected chi connectivity index (χ1v) is 3.20. The molecule has 1 aliphatic heterocycles. The number of alkyl halides is 3. The van der Waals surface area contributed by atoms with Gasteiger partial charge in [-0.2, -0.15) is 13.2 Å². The van der Waals surface area contributed by atoms with E-state index in [1.165, 1.54) is 0 Å². The molecule has 0 N–H and O–H groups in total. The van der Waals surface area contributed by atoms with Crippen LogP contribution in [0.1, 0.15) is 12.8 Å². The number of cyclic esters (lactones) is 2. The van der Waals surface area contributed by atoms with Crippen molar-refractivity contribution in [1.82, 2.24) is 0 Å². The normalized spacial score (nSPS) is 20.9. The lowest BCUT2D eigenvalue weighted by Crippen LogP contribution is -2.34. The van der Waals surface area contributed by atoms with E-state index in [0.29, 0.717) is 0 Å². The van der Waals surface area contributed by atoms with Crippen molar-refractivity contribution in [3.63, 3.8) is 0 Å². The SMILES string of the molecule is O=C1CC(C(F)(F)F)CC(=O)O1. The zero-order valence-corrected chi connectivity index (χ0v) is 5.85. The summed E-state index contributed by atoms with van der Waals surface area (Å²) in [6.07, 6.45) is -6.00. The van der Waals surface area contributed by atoms with Crippen LogP contribution in [0, 0.1) is 5.92 Å². The quantitative estimate of drug-likeness (QED) is 0.415. The molecule has 0 bridgehead atoms. The number of halogens is 3. The van der Waals surface area contributed by atoms with Crippen LogP contribution in [-0.2, 0) is 14.3 Å². The van der Waals surface area contributed by atoms with E-state index in [1.807, 2.05) is 0 Å². The number of rotatable bonds is 0. The second-order valence-corrected chi connectivity index (χ2v) is 2.49. The highest BCUT2D eigenvalue weighted by atomic mass is 19.4. The summed E-state index contributed by atoms with van der Waals surface area (Å²) in [5.41, 5.74) is 0. The molecule has 0 radical (unpaired) electrons. The molecule has 3 nitrogen and oxygen atoms in total. The molecule has 0 aromatic rings. The van der Waals surface area contributed by atoms with Crippen LogP contribution >= 0.6 is 0 Å². The summed E-state index contributed by atoms with van der Waals surface area (Å²) < 4.78 is 39.7. The van der Waals surface area contributed by atoms with Gasteiger partial charge in [0.25, 0.3) is 0 Å². The molecule has 1 aliphatic rings. The molecule has 1 fully saturated rings. The van der Waals surface area contributed by atoms with Crippen molar-refractivity contribution in [2.75, 3.05) is 0 Å². The number of carbonyl (C=O) groups is 2. The first kappa shape index (κ1) is 9.02. The minimum atomic E-state index is -4.49. The van der Waals surface area contributed by atoms with Gasteiger partial charge in [0.2, 0.25) is 0 Å². The lowest BCUT2D eigenvalue weighted by Gasteiger charge is -2.21. The molecule has 1 rings (SSSR count). The van der Waals surface area contributed by atoms with Crippen molar-refractivity contribution in [2.45, 2.75) is 19.0 Å². The maximum atomic E-state index is 11.9. The number of carbonyl (C=O) groups excluding carboxylic acids is 2. The summed E-state index contributed by atoms with van der Waals surface area (Å²) in [5.74, 6) is -4.08. The van der Waals surface area contributed by atoms with Gasteiger partial charge in [0.1, 0.15) is 0 Å². The van der Waals surface area contributed by atoms with E-state index in [4.69, 9.17) is 0 Å². The van der Waals surface area contributed by atoms with Gasteiger partial charge in [0.05, 0.1) is 18.8 Å². The van der Waals surface area contributed by atoms with Gasteiger partial charge in [0.15, 0.2) is 0 Å². The Morgan fingerprint density at radius 3 is 1.92 bits per heavy atom. The number of ether oxygens (including phenoxy) is 1. The van der Waals surface area contributed by atoms with E-state index in [1.54, 1.807) is 0 Å². The van der Waals surface area contributed by atoms with Crippen molar-refractivity contribution in [2.24, 2.45) is 5.92 Å². The van der Waals surface area contributed by atoms with Gasteiger partial charge < -0.3 is 4.74 Å². The van der Waals surface area contributed by atoms with Crippen molar-refractivity contribution >= 4 is 11.9 Å². The predicted octanol–water partition coefficient (Wildman–Crippen LogP) is 1.03. The maximum absolute atomic E-state index is 11.9. The molecule has 1 saturated heterocycles. The van der Waals surface area contributed by atoms with E-state index >= 15 is 0 Å². The molecule has 68 valence electrons. The first-order valence-electron chi connectivity index (χ1n) is 3.20. The lowest BCUT2D eigenvalue weighted by atomic mass is 9.99. The highest BCUT2D eigenvalue weighted by Gasteiger charge is 2.45. The summed E-state index contributed by atoms with van der Waals surface area (Å²) in [5, 5.41) is 0. The van der Waals surface area contributed by atoms with E-state index in [-0.39, 0.29) is 0 Å². The molecule has 0 aromatic heterocycles. The molecular formula is C6H5F3O3. The van der Waals surface area contributed by atoms with Crippen LogP contribution in [0.5, 0.6) is 0 Å². The Balaban J connectivity index is 2.68. The highest BCUT2D eigenvalue weighted by Crippen LogP contribution is 2.34. The van der Waals surface area contributed by atoms with Gasteiger partial charge in [0, 0.05) is 0 Å². The molecule has 0 aromatic carbocycles. The third kappa shape index (κ3) is 1.96. The molecule has 1 heterocycles. The van der Waals surface area contributed by atoms with Gasteiger partial charge in [-0.3, -0.25) is 9.59 Å². The fraction of sp³-hybridized carbons (Fsp3) is 0.667. The van der Waals surface area contributed by atoms with Crippen LogP contribution in [0.25, 0.3) is 0 Å². The Morgan fingerprint density at radius 2 is 1.58 bits per heavy atom. The third-order valence-corrected chi connectivity index (χ3v) is 1.52. The summed E-state index contributed by atoms with van der Waals surface area (Å²) >= 11 is 0. The predicted molar refractivity (Wildman–Crippen MR) is 29.9 cm³/mol. The summed E-state index contributed by atoms with van der Waals surface area (Å²) in [7, 11) is 0. The number of esters is 2. The molecule has 0 aliphatic carbocycles. The number of hydrogen-bond acceptors (Lipinski definition) is 3. The summed E-state index contributed by atoms with van der Waals surface area (Å²) in [4.78, 5) is 20.8. The fourth-order valence-corrected chi connectivity index (χ4v) is 0.916. The molecule has 12 heavy (non-hydrogen) atoms. The molecule has 0 amide bonds. The third-order valence-electron chi connectivity index (χ3n) is 1.52. The van der Waals surface area contributed by atoms with Gasteiger partial charge >= 0.3 is 18.1 Å². The highest BCUT2D eigenvalue weighted by molar-refractivity contribution is 5.88. The zero-order chi connectivity index (χ0) is 9.35. The van der Waals surface area contributed by atoms with Crippen molar-refractivity contribution in [3.8, 4) is 0 Å². The van der Waals surface area contributed by atoms with Crippen LogP contribution in [-0.4, -0.2) is 18.1 Å². The average molecular weight is 182 g/mol. The van der Waals surface area contributed by atoms with Crippen molar-refractivity contribution < 1.29 is 27.5 Å². The minimum Gasteiger partial charge on any atom is -0.393 e. The topological polar surface area (TPSA) is 43.4 Å². The van der Waals surface area contributed by atoms with Crippen LogP contribution < -0.4 is 0 Å². The smallest absolute Gasteiger partial charge is 0.392 e.